The van der Waals surface area contributed by atoms with E-state index in [1.165, 1.54) is 6.92 Å². The van der Waals surface area contributed by atoms with Crippen molar-refractivity contribution in [2.45, 2.75) is 19.8 Å². The largest absolute Gasteiger partial charge is 0.326 e. The first-order valence-electron chi connectivity index (χ1n) is 11.1. The number of rotatable bonds is 6. The summed E-state index contributed by atoms with van der Waals surface area (Å²) in [5, 5.41) is 2.93. The molecule has 0 heterocycles. The molecule has 2 unspecified atom stereocenters. The van der Waals surface area contributed by atoms with Crippen LogP contribution in [0.25, 0.3) is 0 Å². The summed E-state index contributed by atoms with van der Waals surface area (Å²) in [6.45, 7) is 1.50. The number of nitrogens with one attached hydrogen (secondary N) is 1. The van der Waals surface area contributed by atoms with Crippen LogP contribution in [0.15, 0.2) is 97.1 Å². The topological polar surface area (TPSA) is 66.5 Å². The highest BCUT2D eigenvalue weighted by Crippen LogP contribution is 2.34. The second-order valence-electron chi connectivity index (χ2n) is 8.12. The smallest absolute Gasteiger partial charge is 0.235 e. The van der Waals surface area contributed by atoms with Crippen LogP contribution >= 0.6 is 0 Å². The zero-order valence-corrected chi connectivity index (χ0v) is 18.5. The minimum absolute atomic E-state index is 0.0297. The number of carbonyl (C=O) groups excluding carboxylic acids is 3. The Labute approximate surface area is 193 Å². The Morgan fingerprint density at radius 1 is 0.727 bits per heavy atom. The van der Waals surface area contributed by atoms with E-state index < -0.39 is 11.8 Å². The maximum Gasteiger partial charge on any atom is 0.235 e. The molecule has 166 valence electrons. The van der Waals surface area contributed by atoms with Gasteiger partial charge in [-0.1, -0.05) is 48.6 Å². The summed E-state index contributed by atoms with van der Waals surface area (Å²) in [5.74, 6) is -1.33. The van der Waals surface area contributed by atoms with Crippen LogP contribution in [0.4, 0.5) is 17.1 Å². The third-order valence-electron chi connectivity index (χ3n) is 5.89. The average Bonchev–Trinajstić information content (AvgIpc) is 2.86. The highest BCUT2D eigenvalue weighted by atomic mass is 16.2. The van der Waals surface area contributed by atoms with Gasteiger partial charge in [0.15, 0.2) is 5.78 Å². The molecule has 0 saturated carbocycles. The number of para-hydroxylation sites is 2. The van der Waals surface area contributed by atoms with E-state index in [-0.39, 0.29) is 17.6 Å². The monoisotopic (exact) mass is 438 g/mol. The molecule has 33 heavy (non-hydrogen) atoms. The van der Waals surface area contributed by atoms with Gasteiger partial charge in [-0.05, 0) is 68.3 Å². The fourth-order valence-corrected chi connectivity index (χ4v) is 4.12. The van der Waals surface area contributed by atoms with E-state index in [1.54, 1.807) is 29.2 Å². The van der Waals surface area contributed by atoms with Gasteiger partial charge in [-0.15, -0.1) is 0 Å². The molecule has 1 N–H and O–H groups in total. The lowest BCUT2D eigenvalue weighted by Crippen LogP contribution is -2.41. The number of carbonyl (C=O) groups is 3. The van der Waals surface area contributed by atoms with Crippen LogP contribution in [0.5, 0.6) is 0 Å². The van der Waals surface area contributed by atoms with Crippen LogP contribution in [-0.4, -0.2) is 17.6 Å². The highest BCUT2D eigenvalue weighted by Gasteiger charge is 2.37. The molecule has 0 aromatic heterocycles. The number of hydrogen-bond acceptors (Lipinski definition) is 3. The van der Waals surface area contributed by atoms with Crippen molar-refractivity contribution in [2.24, 2.45) is 11.8 Å². The molecule has 5 nitrogen and oxygen atoms in total. The van der Waals surface area contributed by atoms with Crippen molar-refractivity contribution in [2.75, 3.05) is 10.2 Å². The van der Waals surface area contributed by atoms with Crippen LogP contribution in [0.3, 0.4) is 0 Å². The maximum atomic E-state index is 13.9. The maximum absolute atomic E-state index is 13.9. The summed E-state index contributed by atoms with van der Waals surface area (Å²) >= 11 is 0. The molecule has 0 spiro atoms. The Morgan fingerprint density at radius 3 is 1.76 bits per heavy atom. The Hall–Kier alpha value is -3.99. The lowest BCUT2D eigenvalue weighted by Gasteiger charge is -2.32. The normalized spacial score (nSPS) is 17.2. The van der Waals surface area contributed by atoms with Gasteiger partial charge in [0.2, 0.25) is 11.8 Å². The minimum Gasteiger partial charge on any atom is -0.326 e. The number of benzene rings is 3. The molecule has 0 aliphatic heterocycles. The van der Waals surface area contributed by atoms with Crippen molar-refractivity contribution in [3.63, 3.8) is 0 Å². The van der Waals surface area contributed by atoms with Crippen LogP contribution < -0.4 is 10.2 Å². The number of ketones is 1. The zero-order valence-electron chi connectivity index (χ0n) is 18.5. The van der Waals surface area contributed by atoms with Crippen LogP contribution in [-0.2, 0) is 9.59 Å². The van der Waals surface area contributed by atoms with E-state index in [2.05, 4.69) is 5.32 Å². The molecule has 0 fully saturated rings. The summed E-state index contributed by atoms with van der Waals surface area (Å²) in [6.07, 6.45) is 4.92. The van der Waals surface area contributed by atoms with Crippen LogP contribution in [0.1, 0.15) is 30.1 Å². The second kappa shape index (κ2) is 10.1. The van der Waals surface area contributed by atoms with E-state index in [9.17, 15) is 14.4 Å². The lowest BCUT2D eigenvalue weighted by molar-refractivity contribution is -0.130. The fraction of sp³-hybridized carbons (Fsp3) is 0.179. The first-order chi connectivity index (χ1) is 16.0. The van der Waals surface area contributed by atoms with E-state index in [4.69, 9.17) is 0 Å². The molecular formula is C28H26N2O3. The standard InChI is InChI=1S/C28H26N2O3/c1-20(31)21-16-18-22(19-17-21)29-27(32)25-14-8-9-15-26(25)28(33)30(23-10-4-2-5-11-23)24-12-6-3-7-13-24/h2-13,16-19,25-26H,14-15H2,1H3,(H,29,32). The van der Waals surface area contributed by atoms with Gasteiger partial charge in [-0.2, -0.15) is 0 Å². The summed E-state index contributed by atoms with van der Waals surface area (Å²) < 4.78 is 0. The Morgan fingerprint density at radius 2 is 1.24 bits per heavy atom. The molecule has 1 aliphatic carbocycles. The van der Waals surface area contributed by atoms with Crippen LogP contribution in [0, 0.1) is 11.8 Å². The van der Waals surface area contributed by atoms with Gasteiger partial charge in [0, 0.05) is 22.6 Å². The number of amides is 2. The Bertz CT molecular complexity index is 1120. The highest BCUT2D eigenvalue weighted by molar-refractivity contribution is 6.05. The van der Waals surface area contributed by atoms with Gasteiger partial charge in [0.1, 0.15) is 0 Å². The van der Waals surface area contributed by atoms with E-state index in [1.807, 2.05) is 72.8 Å². The molecule has 5 heteroatoms. The molecular weight excluding hydrogens is 412 g/mol. The van der Waals surface area contributed by atoms with E-state index >= 15 is 0 Å². The number of Topliss-reactive ketones (excluding diaryl/α,β-unsaturated/α-hetero) is 1. The number of anilines is 3. The van der Waals surface area contributed by atoms with E-state index in [0.29, 0.717) is 24.1 Å². The summed E-state index contributed by atoms with van der Waals surface area (Å²) in [4.78, 5) is 40.3. The Kier molecular flexibility index (Phi) is 6.79. The first-order valence-corrected chi connectivity index (χ1v) is 11.1. The summed E-state index contributed by atoms with van der Waals surface area (Å²) in [5.41, 5.74) is 2.72. The van der Waals surface area contributed by atoms with Crippen molar-refractivity contribution >= 4 is 34.7 Å². The summed E-state index contributed by atoms with van der Waals surface area (Å²) in [6, 6.07) is 25.8. The van der Waals surface area contributed by atoms with Gasteiger partial charge in [0.05, 0.1) is 11.8 Å². The molecule has 4 rings (SSSR count). The van der Waals surface area contributed by atoms with Crippen molar-refractivity contribution in [3.05, 3.63) is 103 Å². The number of allylic oxidation sites excluding steroid dienone is 2. The zero-order chi connectivity index (χ0) is 23.2. The predicted molar refractivity (Wildman–Crippen MR) is 130 cm³/mol. The van der Waals surface area contributed by atoms with Gasteiger partial charge >= 0.3 is 0 Å². The molecule has 3 aromatic rings. The quantitative estimate of drug-likeness (QED) is 0.392. The SMILES string of the molecule is CC(=O)c1ccc(NC(=O)C2CC=CCC2C(=O)N(c2ccccc2)c2ccccc2)cc1. The molecule has 0 radical (unpaired) electrons. The van der Waals surface area contributed by atoms with Gasteiger partial charge in [-0.3, -0.25) is 19.3 Å². The third kappa shape index (κ3) is 5.09. The fourth-order valence-electron chi connectivity index (χ4n) is 4.12. The van der Waals surface area contributed by atoms with Crippen molar-refractivity contribution in [1.29, 1.82) is 0 Å². The molecule has 1 aliphatic rings. The summed E-state index contributed by atoms with van der Waals surface area (Å²) in [7, 11) is 0. The lowest BCUT2D eigenvalue weighted by atomic mass is 9.81. The first kappa shape index (κ1) is 22.2. The minimum atomic E-state index is -0.495. The molecule has 0 saturated heterocycles. The molecule has 2 atom stereocenters. The molecule has 0 bridgehead atoms. The number of nitrogens with zero attached hydrogens (tertiary/aromatic N) is 1. The van der Waals surface area contributed by atoms with E-state index in [0.717, 1.165) is 11.4 Å². The van der Waals surface area contributed by atoms with Gasteiger partial charge in [0.25, 0.3) is 0 Å². The van der Waals surface area contributed by atoms with Crippen molar-refractivity contribution in [3.8, 4) is 0 Å². The van der Waals surface area contributed by atoms with Crippen molar-refractivity contribution < 1.29 is 14.4 Å². The van der Waals surface area contributed by atoms with Gasteiger partial charge in [-0.25, -0.2) is 0 Å². The second-order valence-corrected chi connectivity index (χ2v) is 8.12. The van der Waals surface area contributed by atoms with Crippen LogP contribution in [0.2, 0.25) is 0 Å². The third-order valence-corrected chi connectivity index (χ3v) is 5.89. The Balaban J connectivity index is 1.59. The van der Waals surface area contributed by atoms with Gasteiger partial charge < -0.3 is 5.32 Å². The predicted octanol–water partition coefficient (Wildman–Crippen LogP) is 5.78. The average molecular weight is 439 g/mol. The molecule has 2 amide bonds. The number of hydrogen-bond donors (Lipinski definition) is 1. The van der Waals surface area contributed by atoms with Crippen molar-refractivity contribution in [1.82, 2.24) is 0 Å². The molecule has 3 aromatic carbocycles.